The number of ether oxygens (including phenoxy) is 2. The molecule has 0 saturated heterocycles. The molecule has 0 aliphatic heterocycles. The Morgan fingerprint density at radius 3 is 2.54 bits per heavy atom. The summed E-state index contributed by atoms with van der Waals surface area (Å²) < 4.78 is 10.2. The lowest BCUT2D eigenvalue weighted by Gasteiger charge is -2.10. The predicted octanol–water partition coefficient (Wildman–Crippen LogP) is 1.45. The standard InChI is InChI=1S/C17H22N4O3/c1-23-14-9-12(10-15(24-2)16(14)22)11-21-17(18)20-8-6-13-5-3-4-7-19-13/h3-5,7,9-10,22H,6,8,11H2,1-2H3,(H3,18,20,21). The number of aromatic hydroxyl groups is 1. The van der Waals surface area contributed by atoms with Crippen LogP contribution in [0.1, 0.15) is 11.3 Å². The van der Waals surface area contributed by atoms with Crippen molar-refractivity contribution in [1.82, 2.24) is 10.3 Å². The molecule has 24 heavy (non-hydrogen) atoms. The van der Waals surface area contributed by atoms with E-state index in [1.54, 1.807) is 18.3 Å². The topological polar surface area (TPSA) is 102 Å². The molecule has 0 unspecified atom stereocenters. The number of pyridine rings is 1. The minimum absolute atomic E-state index is 0.0332. The van der Waals surface area contributed by atoms with Gasteiger partial charge in [-0.25, -0.2) is 4.99 Å². The Labute approximate surface area is 141 Å². The van der Waals surface area contributed by atoms with Gasteiger partial charge in [0.1, 0.15) is 0 Å². The minimum atomic E-state index is -0.0332. The van der Waals surface area contributed by atoms with E-state index >= 15 is 0 Å². The zero-order valence-corrected chi connectivity index (χ0v) is 13.8. The summed E-state index contributed by atoms with van der Waals surface area (Å²) in [6.07, 6.45) is 2.52. The Morgan fingerprint density at radius 2 is 1.96 bits per heavy atom. The zero-order chi connectivity index (χ0) is 17.4. The Hall–Kier alpha value is -2.96. The van der Waals surface area contributed by atoms with Crippen LogP contribution < -0.4 is 20.5 Å². The molecule has 2 rings (SSSR count). The highest BCUT2D eigenvalue weighted by Crippen LogP contribution is 2.37. The van der Waals surface area contributed by atoms with E-state index in [-0.39, 0.29) is 5.75 Å². The highest BCUT2D eigenvalue weighted by Gasteiger charge is 2.10. The number of methoxy groups -OCH3 is 2. The van der Waals surface area contributed by atoms with Crippen molar-refractivity contribution in [3.8, 4) is 17.2 Å². The lowest BCUT2D eigenvalue weighted by molar-refractivity contribution is 0.339. The first-order valence-corrected chi connectivity index (χ1v) is 7.51. The molecule has 7 nitrogen and oxygen atoms in total. The second-order valence-corrected chi connectivity index (χ2v) is 5.05. The van der Waals surface area contributed by atoms with Crippen LogP contribution in [-0.4, -0.2) is 36.8 Å². The third kappa shape index (κ3) is 4.77. The summed E-state index contributed by atoms with van der Waals surface area (Å²) in [7, 11) is 2.96. The van der Waals surface area contributed by atoms with E-state index in [2.05, 4.69) is 15.3 Å². The molecule has 0 radical (unpaired) electrons. The maximum absolute atomic E-state index is 9.89. The van der Waals surface area contributed by atoms with Crippen molar-refractivity contribution in [2.24, 2.45) is 10.7 Å². The first kappa shape index (κ1) is 17.4. The SMILES string of the molecule is COc1cc(CN=C(N)NCCc2ccccn2)cc(OC)c1O. The second-order valence-electron chi connectivity index (χ2n) is 5.05. The summed E-state index contributed by atoms with van der Waals surface area (Å²) in [5.74, 6) is 0.980. The number of rotatable bonds is 7. The second kappa shape index (κ2) is 8.61. The molecule has 7 heteroatoms. The largest absolute Gasteiger partial charge is 0.502 e. The Morgan fingerprint density at radius 1 is 1.25 bits per heavy atom. The molecule has 0 aliphatic carbocycles. The summed E-state index contributed by atoms with van der Waals surface area (Å²) in [5, 5.41) is 12.9. The summed E-state index contributed by atoms with van der Waals surface area (Å²) in [4.78, 5) is 8.52. The molecule has 1 aromatic carbocycles. The average molecular weight is 330 g/mol. The summed E-state index contributed by atoms with van der Waals surface area (Å²) in [6, 6.07) is 9.19. The zero-order valence-electron chi connectivity index (χ0n) is 13.8. The van der Waals surface area contributed by atoms with Crippen molar-refractivity contribution < 1.29 is 14.6 Å². The van der Waals surface area contributed by atoms with Crippen LogP contribution in [0.25, 0.3) is 0 Å². The fourth-order valence-electron chi connectivity index (χ4n) is 2.14. The van der Waals surface area contributed by atoms with Crippen LogP contribution in [-0.2, 0) is 13.0 Å². The number of phenols is 1. The van der Waals surface area contributed by atoms with Gasteiger partial charge >= 0.3 is 0 Å². The molecular formula is C17H22N4O3. The van der Waals surface area contributed by atoms with E-state index in [4.69, 9.17) is 15.2 Å². The van der Waals surface area contributed by atoms with Crippen LogP contribution in [0, 0.1) is 0 Å². The molecule has 0 spiro atoms. The van der Waals surface area contributed by atoms with Gasteiger partial charge in [-0.15, -0.1) is 0 Å². The van der Waals surface area contributed by atoms with E-state index in [0.717, 1.165) is 17.7 Å². The van der Waals surface area contributed by atoms with E-state index in [9.17, 15) is 5.11 Å². The Balaban J connectivity index is 1.92. The average Bonchev–Trinajstić information content (AvgIpc) is 2.61. The van der Waals surface area contributed by atoms with Crippen LogP contribution >= 0.6 is 0 Å². The number of phenolic OH excluding ortho intramolecular Hbond substituents is 1. The molecular weight excluding hydrogens is 308 g/mol. The number of guanidine groups is 1. The maximum atomic E-state index is 9.89. The summed E-state index contributed by atoms with van der Waals surface area (Å²) in [5.41, 5.74) is 7.67. The lowest BCUT2D eigenvalue weighted by atomic mass is 10.2. The van der Waals surface area contributed by atoms with Crippen molar-refractivity contribution in [2.45, 2.75) is 13.0 Å². The van der Waals surface area contributed by atoms with Gasteiger partial charge in [-0.1, -0.05) is 6.07 Å². The van der Waals surface area contributed by atoms with Gasteiger partial charge in [-0.2, -0.15) is 0 Å². The van der Waals surface area contributed by atoms with Crippen LogP contribution in [0.15, 0.2) is 41.5 Å². The van der Waals surface area contributed by atoms with Gasteiger partial charge < -0.3 is 25.6 Å². The number of hydrogen-bond acceptors (Lipinski definition) is 5. The van der Waals surface area contributed by atoms with Crippen molar-refractivity contribution in [2.75, 3.05) is 20.8 Å². The highest BCUT2D eigenvalue weighted by molar-refractivity contribution is 5.77. The van der Waals surface area contributed by atoms with E-state index < -0.39 is 0 Å². The molecule has 1 heterocycles. The number of benzene rings is 1. The van der Waals surface area contributed by atoms with Crippen LogP contribution in [0.2, 0.25) is 0 Å². The number of nitrogens with zero attached hydrogens (tertiary/aromatic N) is 2. The molecule has 0 bridgehead atoms. The molecule has 0 saturated carbocycles. The van der Waals surface area contributed by atoms with Gasteiger partial charge in [0.15, 0.2) is 17.5 Å². The van der Waals surface area contributed by atoms with Crippen molar-refractivity contribution in [3.63, 3.8) is 0 Å². The van der Waals surface area contributed by atoms with Crippen molar-refractivity contribution in [3.05, 3.63) is 47.8 Å². The van der Waals surface area contributed by atoms with Crippen LogP contribution in [0.5, 0.6) is 17.2 Å². The van der Waals surface area contributed by atoms with E-state index in [1.807, 2.05) is 18.2 Å². The molecule has 4 N–H and O–H groups in total. The van der Waals surface area contributed by atoms with Gasteiger partial charge in [0.25, 0.3) is 0 Å². The van der Waals surface area contributed by atoms with Gasteiger partial charge in [0.05, 0.1) is 20.8 Å². The Bertz CT molecular complexity index is 664. The molecule has 0 fully saturated rings. The molecule has 1 aromatic heterocycles. The number of nitrogens with one attached hydrogen (secondary N) is 1. The highest BCUT2D eigenvalue weighted by atomic mass is 16.5. The number of nitrogens with two attached hydrogens (primary N) is 1. The third-order valence-electron chi connectivity index (χ3n) is 3.38. The maximum Gasteiger partial charge on any atom is 0.200 e. The molecule has 2 aromatic rings. The molecule has 0 aliphatic rings. The number of hydrogen-bond donors (Lipinski definition) is 3. The van der Waals surface area contributed by atoms with E-state index in [1.165, 1.54) is 14.2 Å². The molecule has 128 valence electrons. The fourth-order valence-corrected chi connectivity index (χ4v) is 2.14. The molecule has 0 atom stereocenters. The number of aromatic nitrogens is 1. The van der Waals surface area contributed by atoms with Crippen molar-refractivity contribution >= 4 is 5.96 Å². The first-order chi connectivity index (χ1) is 11.6. The van der Waals surface area contributed by atoms with E-state index in [0.29, 0.717) is 30.5 Å². The Kier molecular flexibility index (Phi) is 6.24. The lowest BCUT2D eigenvalue weighted by Crippen LogP contribution is -2.33. The van der Waals surface area contributed by atoms with Crippen LogP contribution in [0.4, 0.5) is 0 Å². The van der Waals surface area contributed by atoms with Gasteiger partial charge in [-0.05, 0) is 29.8 Å². The predicted molar refractivity (Wildman–Crippen MR) is 92.5 cm³/mol. The summed E-state index contributed by atoms with van der Waals surface area (Å²) in [6.45, 7) is 0.990. The smallest absolute Gasteiger partial charge is 0.200 e. The van der Waals surface area contributed by atoms with Crippen LogP contribution in [0.3, 0.4) is 0 Å². The normalized spacial score (nSPS) is 11.2. The summed E-state index contributed by atoms with van der Waals surface area (Å²) >= 11 is 0. The third-order valence-corrected chi connectivity index (χ3v) is 3.38. The minimum Gasteiger partial charge on any atom is -0.502 e. The quantitative estimate of drug-likeness (QED) is 0.525. The fraction of sp³-hybridized carbons (Fsp3) is 0.294. The number of aliphatic imine (C=N–C) groups is 1. The van der Waals surface area contributed by atoms with Crippen molar-refractivity contribution in [1.29, 1.82) is 0 Å². The first-order valence-electron chi connectivity index (χ1n) is 7.51. The van der Waals surface area contributed by atoms with Gasteiger partial charge in [0, 0.05) is 24.9 Å². The van der Waals surface area contributed by atoms with Gasteiger partial charge in [0.2, 0.25) is 5.75 Å². The molecule has 0 amide bonds. The monoisotopic (exact) mass is 330 g/mol. The van der Waals surface area contributed by atoms with Gasteiger partial charge in [-0.3, -0.25) is 4.98 Å².